The highest BCUT2D eigenvalue weighted by Gasteiger charge is 2.36. The van der Waals surface area contributed by atoms with Crippen LogP contribution in [0.2, 0.25) is 0 Å². The second-order valence-corrected chi connectivity index (χ2v) is 9.60. The Hall–Kier alpha value is -1.22. The lowest BCUT2D eigenvalue weighted by atomic mass is 9.69. The molecule has 1 saturated heterocycles. The minimum Gasteiger partial charge on any atom is -0.493 e. The second kappa shape index (κ2) is 11.8. The van der Waals surface area contributed by atoms with Gasteiger partial charge in [-0.2, -0.15) is 0 Å². The SMILES string of the molecule is CN=C(NCC1CCN(C2CC2)C1)NCC1(c2ccc(OC)c(OC)c2)CCCCC1.I. The standard InChI is InChI=1S/C25H40N4O2.HI/c1-26-24(27-16-19-11-14-29(17-19)21-8-9-21)28-18-25(12-5-4-6-13-25)20-7-10-22(30-2)23(15-20)31-3;/h7,10,15,19,21H,4-6,8-9,11-14,16-18H2,1-3H3,(H2,26,27,28);1H. The van der Waals surface area contributed by atoms with Gasteiger partial charge >= 0.3 is 0 Å². The van der Waals surface area contributed by atoms with Crippen molar-refractivity contribution in [1.29, 1.82) is 0 Å². The smallest absolute Gasteiger partial charge is 0.191 e. The highest BCUT2D eigenvalue weighted by Crippen LogP contribution is 2.42. The average Bonchev–Trinajstić information content (AvgIpc) is 3.57. The van der Waals surface area contributed by atoms with E-state index in [1.165, 1.54) is 70.0 Å². The van der Waals surface area contributed by atoms with Gasteiger partial charge in [0.05, 0.1) is 14.2 Å². The molecule has 1 aromatic carbocycles. The van der Waals surface area contributed by atoms with Gasteiger partial charge in [0, 0.05) is 38.1 Å². The molecule has 4 rings (SSSR count). The number of guanidine groups is 1. The Morgan fingerprint density at radius 3 is 2.47 bits per heavy atom. The van der Waals surface area contributed by atoms with Gasteiger partial charge in [0.25, 0.3) is 0 Å². The summed E-state index contributed by atoms with van der Waals surface area (Å²) in [7, 11) is 5.29. The number of hydrogen-bond acceptors (Lipinski definition) is 4. The van der Waals surface area contributed by atoms with Crippen molar-refractivity contribution >= 4 is 29.9 Å². The molecule has 1 aliphatic heterocycles. The highest BCUT2D eigenvalue weighted by atomic mass is 127. The molecule has 1 aromatic rings. The van der Waals surface area contributed by atoms with Gasteiger partial charge in [-0.1, -0.05) is 25.3 Å². The van der Waals surface area contributed by atoms with E-state index in [4.69, 9.17) is 9.47 Å². The summed E-state index contributed by atoms with van der Waals surface area (Å²) in [6, 6.07) is 7.32. The number of ether oxygens (including phenoxy) is 2. The van der Waals surface area contributed by atoms with E-state index in [2.05, 4.69) is 32.7 Å². The minimum absolute atomic E-state index is 0. The van der Waals surface area contributed by atoms with E-state index in [1.807, 2.05) is 13.1 Å². The van der Waals surface area contributed by atoms with Crippen LogP contribution in [-0.2, 0) is 5.41 Å². The lowest BCUT2D eigenvalue weighted by Gasteiger charge is -2.38. The van der Waals surface area contributed by atoms with Crippen molar-refractivity contribution in [1.82, 2.24) is 15.5 Å². The topological polar surface area (TPSA) is 58.1 Å². The first kappa shape index (κ1) is 25.4. The van der Waals surface area contributed by atoms with Crippen LogP contribution in [0.15, 0.2) is 23.2 Å². The number of methoxy groups -OCH3 is 2. The first-order valence-corrected chi connectivity index (χ1v) is 12.1. The number of hydrogen-bond donors (Lipinski definition) is 2. The molecule has 0 radical (unpaired) electrons. The van der Waals surface area contributed by atoms with E-state index in [1.54, 1.807) is 14.2 Å². The minimum atomic E-state index is 0. The van der Waals surface area contributed by atoms with Crippen LogP contribution in [0.1, 0.15) is 56.9 Å². The summed E-state index contributed by atoms with van der Waals surface area (Å²) in [4.78, 5) is 7.20. The van der Waals surface area contributed by atoms with Crippen LogP contribution in [0.3, 0.4) is 0 Å². The van der Waals surface area contributed by atoms with Gasteiger partial charge in [0.15, 0.2) is 17.5 Å². The predicted molar refractivity (Wildman–Crippen MR) is 142 cm³/mol. The Labute approximate surface area is 210 Å². The van der Waals surface area contributed by atoms with Crippen molar-refractivity contribution in [3.05, 3.63) is 23.8 Å². The summed E-state index contributed by atoms with van der Waals surface area (Å²) in [6.07, 6.45) is 10.3. The summed E-state index contributed by atoms with van der Waals surface area (Å²) in [6.45, 7) is 4.41. The summed E-state index contributed by atoms with van der Waals surface area (Å²) in [5.74, 6) is 3.26. The van der Waals surface area contributed by atoms with E-state index < -0.39 is 0 Å². The number of halogens is 1. The summed E-state index contributed by atoms with van der Waals surface area (Å²) in [5, 5.41) is 7.28. The molecular weight excluding hydrogens is 515 g/mol. The first-order chi connectivity index (χ1) is 15.2. The van der Waals surface area contributed by atoms with Crippen molar-refractivity contribution in [2.45, 2.75) is 62.8 Å². The quantitative estimate of drug-likeness (QED) is 0.286. The molecule has 2 N–H and O–H groups in total. The molecule has 2 saturated carbocycles. The van der Waals surface area contributed by atoms with Gasteiger partial charge in [-0.25, -0.2) is 0 Å². The predicted octanol–water partition coefficient (Wildman–Crippen LogP) is 4.17. The maximum Gasteiger partial charge on any atom is 0.191 e. The summed E-state index contributed by atoms with van der Waals surface area (Å²) < 4.78 is 11.1. The highest BCUT2D eigenvalue weighted by molar-refractivity contribution is 14.0. The fourth-order valence-electron chi connectivity index (χ4n) is 5.48. The number of aliphatic imine (C=N–C) groups is 1. The maximum atomic E-state index is 5.60. The molecule has 1 heterocycles. The third-order valence-corrected chi connectivity index (χ3v) is 7.56. The van der Waals surface area contributed by atoms with Gasteiger partial charge in [0.1, 0.15) is 0 Å². The number of nitrogens with zero attached hydrogens (tertiary/aromatic N) is 2. The van der Waals surface area contributed by atoms with Gasteiger partial charge in [0.2, 0.25) is 0 Å². The normalized spacial score (nSPS) is 23.3. The molecule has 0 spiro atoms. The molecule has 2 aliphatic carbocycles. The lowest BCUT2D eigenvalue weighted by Crippen LogP contribution is -2.47. The van der Waals surface area contributed by atoms with Crippen LogP contribution >= 0.6 is 24.0 Å². The first-order valence-electron chi connectivity index (χ1n) is 12.1. The molecule has 0 bridgehead atoms. The Balaban J connectivity index is 0.00000289. The average molecular weight is 557 g/mol. The lowest BCUT2D eigenvalue weighted by molar-refractivity contribution is 0.288. The van der Waals surface area contributed by atoms with Gasteiger partial charge in [-0.05, 0) is 62.3 Å². The zero-order valence-corrected chi connectivity index (χ0v) is 22.3. The molecule has 0 amide bonds. The van der Waals surface area contributed by atoms with Crippen molar-refractivity contribution in [3.63, 3.8) is 0 Å². The van der Waals surface area contributed by atoms with Crippen molar-refractivity contribution < 1.29 is 9.47 Å². The van der Waals surface area contributed by atoms with Crippen LogP contribution in [0.25, 0.3) is 0 Å². The molecule has 0 aromatic heterocycles. The fourth-order valence-corrected chi connectivity index (χ4v) is 5.48. The number of rotatable bonds is 8. The summed E-state index contributed by atoms with van der Waals surface area (Å²) >= 11 is 0. The maximum absolute atomic E-state index is 5.60. The van der Waals surface area contributed by atoms with Crippen molar-refractivity contribution in [2.24, 2.45) is 10.9 Å². The molecule has 1 atom stereocenters. The van der Waals surface area contributed by atoms with Gasteiger partial charge in [-0.3, -0.25) is 4.99 Å². The molecule has 7 heteroatoms. The van der Waals surface area contributed by atoms with Crippen LogP contribution in [0.5, 0.6) is 11.5 Å². The van der Waals surface area contributed by atoms with E-state index in [9.17, 15) is 0 Å². The Bertz CT molecular complexity index is 762. The molecule has 6 nitrogen and oxygen atoms in total. The molecular formula is C25H41IN4O2. The number of likely N-dealkylation sites (tertiary alicyclic amines) is 1. The van der Waals surface area contributed by atoms with E-state index in [0.717, 1.165) is 42.5 Å². The molecule has 3 aliphatic rings. The van der Waals surface area contributed by atoms with Crippen LogP contribution < -0.4 is 20.1 Å². The third kappa shape index (κ3) is 6.01. The third-order valence-electron chi connectivity index (χ3n) is 7.56. The molecule has 32 heavy (non-hydrogen) atoms. The van der Waals surface area contributed by atoms with Gasteiger partial charge < -0.3 is 25.0 Å². The Kier molecular flexibility index (Phi) is 9.34. The van der Waals surface area contributed by atoms with E-state index in [0.29, 0.717) is 0 Å². The van der Waals surface area contributed by atoms with E-state index in [-0.39, 0.29) is 29.4 Å². The monoisotopic (exact) mass is 556 g/mol. The second-order valence-electron chi connectivity index (χ2n) is 9.60. The van der Waals surface area contributed by atoms with Crippen molar-refractivity contribution in [2.75, 3.05) is 47.4 Å². The fraction of sp³-hybridized carbons (Fsp3) is 0.720. The van der Waals surface area contributed by atoms with Crippen LogP contribution in [0, 0.1) is 5.92 Å². The zero-order chi connectivity index (χ0) is 21.7. The van der Waals surface area contributed by atoms with Gasteiger partial charge in [-0.15, -0.1) is 24.0 Å². The molecule has 180 valence electrons. The zero-order valence-electron chi connectivity index (χ0n) is 20.0. The number of benzene rings is 1. The van der Waals surface area contributed by atoms with Crippen molar-refractivity contribution in [3.8, 4) is 11.5 Å². The number of nitrogens with one attached hydrogen (secondary N) is 2. The van der Waals surface area contributed by atoms with E-state index >= 15 is 0 Å². The largest absolute Gasteiger partial charge is 0.493 e. The summed E-state index contributed by atoms with van der Waals surface area (Å²) in [5.41, 5.74) is 1.44. The molecule has 1 unspecified atom stereocenters. The Morgan fingerprint density at radius 1 is 1.06 bits per heavy atom. The van der Waals surface area contributed by atoms with Crippen LogP contribution in [-0.4, -0.2) is 64.3 Å². The Morgan fingerprint density at radius 2 is 1.81 bits per heavy atom. The molecule has 3 fully saturated rings. The van der Waals surface area contributed by atoms with Crippen LogP contribution in [0.4, 0.5) is 0 Å².